The summed E-state index contributed by atoms with van der Waals surface area (Å²) in [6.45, 7) is 4.06. The lowest BCUT2D eigenvalue weighted by atomic mass is 10.0. The number of aromatic nitrogens is 3. The van der Waals surface area contributed by atoms with E-state index in [1.54, 1.807) is 10.7 Å². The number of rotatable bonds is 3. The number of ether oxygens (including phenoxy) is 1. The summed E-state index contributed by atoms with van der Waals surface area (Å²) in [4.78, 5) is 3.84. The molecule has 0 aliphatic heterocycles. The second kappa shape index (κ2) is 4.76. The highest BCUT2D eigenvalue weighted by Gasteiger charge is 2.18. The molecular weight excluding hydrogens is 233 g/mol. The maximum atomic E-state index is 14.2. The normalized spacial score (nSPS) is 11.0. The summed E-state index contributed by atoms with van der Waals surface area (Å²) in [5, 5.41) is 4.37. The van der Waals surface area contributed by atoms with Crippen molar-refractivity contribution in [3.05, 3.63) is 30.0 Å². The van der Waals surface area contributed by atoms with Crippen LogP contribution in [0.15, 0.2) is 18.5 Å². The van der Waals surface area contributed by atoms with E-state index in [1.807, 2.05) is 27.1 Å². The third-order valence-electron chi connectivity index (χ3n) is 2.74. The van der Waals surface area contributed by atoms with Crippen molar-refractivity contribution in [1.82, 2.24) is 14.8 Å². The van der Waals surface area contributed by atoms with Crippen molar-refractivity contribution in [2.75, 3.05) is 7.11 Å². The van der Waals surface area contributed by atoms with E-state index in [1.165, 1.54) is 13.3 Å². The largest absolute Gasteiger partial charge is 0.479 e. The molecule has 0 atom stereocenters. The molecule has 96 valence electrons. The number of hydrogen-bond donors (Lipinski definition) is 0. The van der Waals surface area contributed by atoms with E-state index in [0.29, 0.717) is 5.56 Å². The van der Waals surface area contributed by atoms with Crippen LogP contribution in [0.25, 0.3) is 11.1 Å². The van der Waals surface area contributed by atoms with Gasteiger partial charge in [0.2, 0.25) is 0 Å². The van der Waals surface area contributed by atoms with E-state index < -0.39 is 5.82 Å². The van der Waals surface area contributed by atoms with Gasteiger partial charge in [-0.1, -0.05) is 13.8 Å². The maximum Gasteiger partial charge on any atom is 0.250 e. The van der Waals surface area contributed by atoms with E-state index >= 15 is 0 Å². The number of nitrogens with zero attached hydrogens (tertiary/aromatic N) is 3. The number of halogens is 1. The minimum absolute atomic E-state index is 0.00561. The van der Waals surface area contributed by atoms with E-state index in [-0.39, 0.29) is 11.8 Å². The zero-order chi connectivity index (χ0) is 13.3. The minimum atomic E-state index is -0.449. The highest BCUT2D eigenvalue weighted by Crippen LogP contribution is 2.32. The van der Waals surface area contributed by atoms with Gasteiger partial charge < -0.3 is 4.74 Å². The molecule has 5 heteroatoms. The van der Waals surface area contributed by atoms with Crippen LogP contribution in [0.1, 0.15) is 25.5 Å². The second-order valence-corrected chi connectivity index (χ2v) is 4.44. The van der Waals surface area contributed by atoms with Gasteiger partial charge in [-0.2, -0.15) is 5.10 Å². The molecule has 0 saturated carbocycles. The Bertz CT molecular complexity index is 563. The summed E-state index contributed by atoms with van der Waals surface area (Å²) < 4.78 is 20.8. The molecule has 0 aliphatic carbocycles. The average Bonchev–Trinajstić information content (AvgIpc) is 2.71. The lowest BCUT2D eigenvalue weighted by molar-refractivity contribution is 0.370. The summed E-state index contributed by atoms with van der Waals surface area (Å²) in [6.07, 6.45) is 3.35. The summed E-state index contributed by atoms with van der Waals surface area (Å²) in [7, 11) is 3.23. The highest BCUT2D eigenvalue weighted by molar-refractivity contribution is 5.67. The monoisotopic (exact) mass is 249 g/mol. The lowest BCUT2D eigenvalue weighted by Crippen LogP contribution is -1.97. The average molecular weight is 249 g/mol. The van der Waals surface area contributed by atoms with Crippen molar-refractivity contribution in [1.29, 1.82) is 0 Å². The third-order valence-corrected chi connectivity index (χ3v) is 2.74. The first kappa shape index (κ1) is 12.5. The predicted octanol–water partition coefficient (Wildman–Crippen LogP) is 2.75. The summed E-state index contributed by atoms with van der Waals surface area (Å²) >= 11 is 0. The fourth-order valence-electron chi connectivity index (χ4n) is 1.91. The molecule has 0 bridgehead atoms. The van der Waals surface area contributed by atoms with E-state index in [4.69, 9.17) is 4.74 Å². The molecule has 0 N–H and O–H groups in total. The van der Waals surface area contributed by atoms with Crippen LogP contribution in [0.4, 0.5) is 4.39 Å². The Hall–Kier alpha value is -1.91. The van der Waals surface area contributed by atoms with Crippen LogP contribution in [-0.4, -0.2) is 21.9 Å². The van der Waals surface area contributed by atoms with Gasteiger partial charge in [0, 0.05) is 30.6 Å². The lowest BCUT2D eigenvalue weighted by Gasteiger charge is -2.08. The molecule has 0 spiro atoms. The van der Waals surface area contributed by atoms with Crippen LogP contribution in [0.5, 0.6) is 5.88 Å². The Kier molecular flexibility index (Phi) is 3.32. The Morgan fingerprint density at radius 1 is 1.33 bits per heavy atom. The van der Waals surface area contributed by atoms with Gasteiger partial charge >= 0.3 is 0 Å². The standard InChI is InChI=1S/C13H16FN3O/c1-8(2)12-10(7-17(3)16-12)9-5-6-15-13(18-4)11(9)14/h5-8H,1-4H3. The fraction of sp³-hybridized carbons (Fsp3) is 0.385. The highest BCUT2D eigenvalue weighted by atomic mass is 19.1. The van der Waals surface area contributed by atoms with Gasteiger partial charge in [0.1, 0.15) is 0 Å². The van der Waals surface area contributed by atoms with Crippen LogP contribution in [-0.2, 0) is 7.05 Å². The molecule has 18 heavy (non-hydrogen) atoms. The van der Waals surface area contributed by atoms with Gasteiger partial charge in [-0.3, -0.25) is 4.68 Å². The zero-order valence-corrected chi connectivity index (χ0v) is 10.9. The van der Waals surface area contributed by atoms with E-state index in [0.717, 1.165) is 11.3 Å². The number of pyridine rings is 1. The first-order valence-corrected chi connectivity index (χ1v) is 5.77. The number of methoxy groups -OCH3 is 1. The minimum Gasteiger partial charge on any atom is -0.479 e. The molecule has 2 aromatic rings. The molecule has 0 aromatic carbocycles. The van der Waals surface area contributed by atoms with Crippen molar-refractivity contribution in [2.45, 2.75) is 19.8 Å². The SMILES string of the molecule is COc1nccc(-c2cn(C)nc2C(C)C)c1F. The van der Waals surface area contributed by atoms with Crippen LogP contribution >= 0.6 is 0 Å². The van der Waals surface area contributed by atoms with Gasteiger partial charge in [-0.05, 0) is 12.0 Å². The molecule has 0 amide bonds. The zero-order valence-electron chi connectivity index (χ0n) is 10.9. The Labute approximate surface area is 105 Å². The molecule has 0 unspecified atom stereocenters. The van der Waals surface area contributed by atoms with Crippen LogP contribution < -0.4 is 4.74 Å². The van der Waals surface area contributed by atoms with Crippen LogP contribution in [0.3, 0.4) is 0 Å². The molecule has 2 rings (SSSR count). The van der Waals surface area contributed by atoms with Crippen molar-refractivity contribution in [3.8, 4) is 17.0 Å². The van der Waals surface area contributed by atoms with Gasteiger partial charge in [-0.15, -0.1) is 0 Å². The Morgan fingerprint density at radius 3 is 2.67 bits per heavy atom. The van der Waals surface area contributed by atoms with Crippen molar-refractivity contribution in [3.63, 3.8) is 0 Å². The third kappa shape index (κ3) is 2.08. The molecule has 2 heterocycles. The summed E-state index contributed by atoms with van der Waals surface area (Å²) in [5.74, 6) is -0.222. The van der Waals surface area contributed by atoms with Gasteiger partial charge in [-0.25, -0.2) is 9.37 Å². The summed E-state index contributed by atoms with van der Waals surface area (Å²) in [5.41, 5.74) is 2.12. The predicted molar refractivity (Wildman–Crippen MR) is 67.0 cm³/mol. The first-order chi connectivity index (χ1) is 8.54. The van der Waals surface area contributed by atoms with Crippen molar-refractivity contribution < 1.29 is 9.13 Å². The first-order valence-electron chi connectivity index (χ1n) is 5.77. The van der Waals surface area contributed by atoms with Crippen molar-refractivity contribution >= 4 is 0 Å². The molecule has 4 nitrogen and oxygen atoms in total. The van der Waals surface area contributed by atoms with Crippen LogP contribution in [0.2, 0.25) is 0 Å². The van der Waals surface area contributed by atoms with Crippen LogP contribution in [0, 0.1) is 5.82 Å². The van der Waals surface area contributed by atoms with Crippen molar-refractivity contribution in [2.24, 2.45) is 7.05 Å². The number of hydrogen-bond acceptors (Lipinski definition) is 3. The maximum absolute atomic E-state index is 14.2. The molecule has 0 fully saturated rings. The second-order valence-electron chi connectivity index (χ2n) is 4.44. The molecule has 2 aromatic heterocycles. The molecule has 0 saturated heterocycles. The van der Waals surface area contributed by atoms with Gasteiger partial charge in [0.25, 0.3) is 5.88 Å². The Morgan fingerprint density at radius 2 is 2.06 bits per heavy atom. The quantitative estimate of drug-likeness (QED) is 0.839. The van der Waals surface area contributed by atoms with E-state index in [2.05, 4.69) is 10.1 Å². The molecule has 0 aliphatic rings. The van der Waals surface area contributed by atoms with Gasteiger partial charge in [0.15, 0.2) is 5.82 Å². The summed E-state index contributed by atoms with van der Waals surface area (Å²) in [6, 6.07) is 1.64. The Balaban J connectivity index is 2.62. The fourth-order valence-corrected chi connectivity index (χ4v) is 1.91. The molecular formula is C13H16FN3O. The topological polar surface area (TPSA) is 39.9 Å². The van der Waals surface area contributed by atoms with Gasteiger partial charge in [0.05, 0.1) is 12.8 Å². The molecule has 0 radical (unpaired) electrons. The smallest absolute Gasteiger partial charge is 0.250 e. The number of aryl methyl sites for hydroxylation is 1. The van der Waals surface area contributed by atoms with E-state index in [9.17, 15) is 4.39 Å².